The summed E-state index contributed by atoms with van der Waals surface area (Å²) in [7, 11) is 0. The van der Waals surface area contributed by atoms with Gasteiger partial charge in [0.05, 0.1) is 0 Å². The van der Waals surface area contributed by atoms with Crippen molar-refractivity contribution >= 4 is 0 Å². The maximum atomic E-state index is 5.97. The Balaban J connectivity index is 2.43. The van der Waals surface area contributed by atoms with E-state index in [4.69, 9.17) is 4.74 Å². The summed E-state index contributed by atoms with van der Waals surface area (Å²) in [4.78, 5) is 0. The molecule has 2 unspecified atom stereocenters. The number of rotatable bonds is 9. The first kappa shape index (κ1) is 16.0. The third-order valence-corrected chi connectivity index (χ3v) is 3.48. The van der Waals surface area contributed by atoms with Crippen molar-refractivity contribution in [3.8, 4) is 5.75 Å². The van der Waals surface area contributed by atoms with Gasteiger partial charge in [-0.05, 0) is 57.4 Å². The zero-order valence-corrected chi connectivity index (χ0v) is 12.9. The van der Waals surface area contributed by atoms with Gasteiger partial charge in [0.2, 0.25) is 0 Å². The van der Waals surface area contributed by atoms with E-state index in [-0.39, 0.29) is 6.10 Å². The first-order valence-corrected chi connectivity index (χ1v) is 7.66. The van der Waals surface area contributed by atoms with Gasteiger partial charge in [0, 0.05) is 6.04 Å². The second-order valence-corrected chi connectivity index (χ2v) is 5.31. The van der Waals surface area contributed by atoms with E-state index in [0.717, 1.165) is 18.7 Å². The van der Waals surface area contributed by atoms with Gasteiger partial charge in [-0.1, -0.05) is 32.4 Å². The van der Waals surface area contributed by atoms with Crippen LogP contribution in [0.25, 0.3) is 0 Å². The van der Waals surface area contributed by atoms with Crippen LogP contribution < -0.4 is 10.1 Å². The summed E-state index contributed by atoms with van der Waals surface area (Å²) in [6, 6.07) is 8.92. The largest absolute Gasteiger partial charge is 0.489 e. The first-order chi connectivity index (χ1) is 9.17. The highest BCUT2D eigenvalue weighted by Crippen LogP contribution is 2.16. The van der Waals surface area contributed by atoms with Gasteiger partial charge in [-0.15, -0.1) is 0 Å². The molecule has 0 aliphatic carbocycles. The van der Waals surface area contributed by atoms with E-state index in [1.807, 2.05) is 0 Å². The fraction of sp³-hybridized carbons (Fsp3) is 0.647. The summed E-state index contributed by atoms with van der Waals surface area (Å²) < 4.78 is 5.97. The second kappa shape index (κ2) is 8.98. The maximum absolute atomic E-state index is 5.97. The van der Waals surface area contributed by atoms with Crippen LogP contribution in [0, 0.1) is 0 Å². The molecule has 1 aromatic carbocycles. The molecule has 0 fully saturated rings. The molecule has 0 aliphatic rings. The third-order valence-electron chi connectivity index (χ3n) is 3.48. The zero-order valence-electron chi connectivity index (χ0n) is 12.9. The summed E-state index contributed by atoms with van der Waals surface area (Å²) in [5.74, 6) is 0.970. The van der Waals surface area contributed by atoms with Crippen molar-refractivity contribution in [3.63, 3.8) is 0 Å². The summed E-state index contributed by atoms with van der Waals surface area (Å²) in [6.07, 6.45) is 5.02. The lowest BCUT2D eigenvalue weighted by atomic mass is 10.1. The van der Waals surface area contributed by atoms with Gasteiger partial charge in [0.1, 0.15) is 11.9 Å². The molecule has 0 amide bonds. The van der Waals surface area contributed by atoms with Crippen molar-refractivity contribution < 1.29 is 4.74 Å². The number of nitrogens with one attached hydrogen (secondary N) is 1. The monoisotopic (exact) mass is 263 g/mol. The fourth-order valence-electron chi connectivity index (χ4n) is 1.97. The first-order valence-electron chi connectivity index (χ1n) is 7.66. The van der Waals surface area contributed by atoms with E-state index >= 15 is 0 Å². The van der Waals surface area contributed by atoms with E-state index < -0.39 is 0 Å². The predicted molar refractivity (Wildman–Crippen MR) is 82.9 cm³/mol. The van der Waals surface area contributed by atoms with Gasteiger partial charge in [-0.3, -0.25) is 0 Å². The molecule has 0 saturated heterocycles. The van der Waals surface area contributed by atoms with Crippen LogP contribution in [0.3, 0.4) is 0 Å². The second-order valence-electron chi connectivity index (χ2n) is 5.31. The Labute approximate surface area is 118 Å². The third kappa shape index (κ3) is 6.11. The molecule has 108 valence electrons. The van der Waals surface area contributed by atoms with Crippen molar-refractivity contribution in [1.82, 2.24) is 5.32 Å². The summed E-state index contributed by atoms with van der Waals surface area (Å²) in [6.45, 7) is 9.75. The topological polar surface area (TPSA) is 21.3 Å². The molecule has 2 heteroatoms. The van der Waals surface area contributed by atoms with Crippen LogP contribution in [0.5, 0.6) is 5.75 Å². The van der Waals surface area contributed by atoms with Crippen LogP contribution in [-0.4, -0.2) is 18.7 Å². The molecule has 19 heavy (non-hydrogen) atoms. The number of hydrogen-bond donors (Lipinski definition) is 1. The SMILES string of the molecule is CCCCc1ccc(OC(C)C(C)NCCC)cc1. The quantitative estimate of drug-likeness (QED) is 0.721. The molecule has 1 rings (SSSR count). The molecular formula is C17H29NO. The lowest BCUT2D eigenvalue weighted by Crippen LogP contribution is -2.39. The average Bonchev–Trinajstić information content (AvgIpc) is 2.43. The standard InChI is InChI=1S/C17H29NO/c1-5-7-8-16-9-11-17(12-10-16)19-15(4)14(3)18-13-6-2/h9-12,14-15,18H,5-8,13H2,1-4H3. The Morgan fingerprint density at radius 1 is 1.05 bits per heavy atom. The molecule has 2 nitrogen and oxygen atoms in total. The highest BCUT2D eigenvalue weighted by atomic mass is 16.5. The molecule has 1 N–H and O–H groups in total. The average molecular weight is 263 g/mol. The van der Waals surface area contributed by atoms with E-state index in [1.54, 1.807) is 0 Å². The van der Waals surface area contributed by atoms with Crippen molar-refractivity contribution in [3.05, 3.63) is 29.8 Å². The highest BCUT2D eigenvalue weighted by molar-refractivity contribution is 5.27. The molecule has 1 aromatic rings. The number of aryl methyl sites for hydroxylation is 1. The van der Waals surface area contributed by atoms with Gasteiger partial charge in [-0.2, -0.15) is 0 Å². The number of hydrogen-bond acceptors (Lipinski definition) is 2. The van der Waals surface area contributed by atoms with Gasteiger partial charge < -0.3 is 10.1 Å². The van der Waals surface area contributed by atoms with Crippen LogP contribution in [0.1, 0.15) is 52.5 Å². The molecule has 2 atom stereocenters. The molecular weight excluding hydrogens is 234 g/mol. The maximum Gasteiger partial charge on any atom is 0.119 e. The normalized spacial score (nSPS) is 14.1. The highest BCUT2D eigenvalue weighted by Gasteiger charge is 2.12. The van der Waals surface area contributed by atoms with Crippen LogP contribution in [0.2, 0.25) is 0 Å². The van der Waals surface area contributed by atoms with Gasteiger partial charge in [0.15, 0.2) is 0 Å². The van der Waals surface area contributed by atoms with Crippen molar-refractivity contribution in [2.45, 2.75) is 65.5 Å². The van der Waals surface area contributed by atoms with Gasteiger partial charge >= 0.3 is 0 Å². The van der Waals surface area contributed by atoms with E-state index in [9.17, 15) is 0 Å². The van der Waals surface area contributed by atoms with E-state index in [1.165, 1.54) is 24.8 Å². The summed E-state index contributed by atoms with van der Waals surface area (Å²) in [5, 5.41) is 3.47. The summed E-state index contributed by atoms with van der Waals surface area (Å²) >= 11 is 0. The molecule has 0 aromatic heterocycles. The molecule has 0 heterocycles. The molecule has 0 saturated carbocycles. The van der Waals surface area contributed by atoms with Crippen LogP contribution in [-0.2, 0) is 6.42 Å². The van der Waals surface area contributed by atoms with Crippen LogP contribution in [0.4, 0.5) is 0 Å². The number of unbranched alkanes of at least 4 members (excludes halogenated alkanes) is 1. The van der Waals surface area contributed by atoms with Gasteiger partial charge in [-0.25, -0.2) is 0 Å². The van der Waals surface area contributed by atoms with E-state index in [2.05, 4.69) is 57.3 Å². The minimum absolute atomic E-state index is 0.188. The molecule has 0 aliphatic heterocycles. The molecule has 0 radical (unpaired) electrons. The fourth-order valence-corrected chi connectivity index (χ4v) is 1.97. The number of benzene rings is 1. The Kier molecular flexibility index (Phi) is 7.57. The Bertz CT molecular complexity index is 334. The van der Waals surface area contributed by atoms with Gasteiger partial charge in [0.25, 0.3) is 0 Å². The molecule has 0 bridgehead atoms. The zero-order chi connectivity index (χ0) is 14.1. The van der Waals surface area contributed by atoms with Crippen molar-refractivity contribution in [1.29, 1.82) is 0 Å². The Morgan fingerprint density at radius 2 is 1.74 bits per heavy atom. The number of ether oxygens (including phenoxy) is 1. The minimum Gasteiger partial charge on any atom is -0.489 e. The minimum atomic E-state index is 0.188. The lowest BCUT2D eigenvalue weighted by Gasteiger charge is -2.22. The van der Waals surface area contributed by atoms with E-state index in [0.29, 0.717) is 6.04 Å². The molecule has 0 spiro atoms. The smallest absolute Gasteiger partial charge is 0.119 e. The van der Waals surface area contributed by atoms with Crippen molar-refractivity contribution in [2.24, 2.45) is 0 Å². The van der Waals surface area contributed by atoms with Crippen LogP contribution >= 0.6 is 0 Å². The lowest BCUT2D eigenvalue weighted by molar-refractivity contribution is 0.178. The Morgan fingerprint density at radius 3 is 2.32 bits per heavy atom. The Hall–Kier alpha value is -1.02. The summed E-state index contributed by atoms with van der Waals surface area (Å²) in [5.41, 5.74) is 1.40. The predicted octanol–water partition coefficient (Wildman–Crippen LogP) is 4.18. The van der Waals surface area contributed by atoms with Crippen LogP contribution in [0.15, 0.2) is 24.3 Å². The van der Waals surface area contributed by atoms with Crippen molar-refractivity contribution in [2.75, 3.05) is 6.54 Å².